The maximum absolute atomic E-state index is 12.2. The fourth-order valence-electron chi connectivity index (χ4n) is 12.1. The largest absolute Gasteiger partial charge is 0.790 e. The minimum Gasteiger partial charge on any atom is -0.790 e. The summed E-state index contributed by atoms with van der Waals surface area (Å²) in [5, 5.41) is 64.1. The normalized spacial score (nSPS) is 10.8. The van der Waals surface area contributed by atoms with Gasteiger partial charge >= 0.3 is 24.1 Å². The molecule has 31 heteroatoms. The van der Waals surface area contributed by atoms with Gasteiger partial charge in [0.25, 0.3) is 22.7 Å². The van der Waals surface area contributed by atoms with E-state index < -0.39 is 51.6 Å². The summed E-state index contributed by atoms with van der Waals surface area (Å²) < 4.78 is 11.5. The molecule has 0 radical (unpaired) electrons. The lowest BCUT2D eigenvalue weighted by atomic mass is 10.1. The van der Waals surface area contributed by atoms with Gasteiger partial charge in [-0.3, -0.25) is 40.5 Å². The van der Waals surface area contributed by atoms with E-state index in [9.17, 15) is 59.6 Å². The molecular formula is C84H113N14O16P. The molecule has 8 rings (SSSR count). The Kier molecular flexibility index (Phi) is 43.3. The number of unbranched alkanes of at least 4 members (excludes halogenated alkanes) is 8. The van der Waals surface area contributed by atoms with E-state index in [1.54, 1.807) is 48.5 Å². The van der Waals surface area contributed by atoms with Crippen LogP contribution in [0, 0.1) is 40.5 Å². The van der Waals surface area contributed by atoms with Crippen LogP contribution in [0.2, 0.25) is 0 Å². The minimum absolute atomic E-state index is 0.0686. The highest BCUT2D eigenvalue weighted by Crippen LogP contribution is 2.28. The second kappa shape index (κ2) is 52.0. The molecule has 0 aromatic heterocycles. The van der Waals surface area contributed by atoms with Gasteiger partial charge < -0.3 is 70.7 Å². The smallest absolute Gasteiger partial charge is 0.323 e. The molecule has 620 valence electrons. The van der Waals surface area contributed by atoms with Gasteiger partial charge in [0.2, 0.25) is 0 Å². The molecular weight excluding hydrogens is 1490 g/mol. The highest BCUT2D eigenvalue weighted by atomic mass is 31.2. The first-order valence-electron chi connectivity index (χ1n) is 39.2. The van der Waals surface area contributed by atoms with Crippen LogP contribution in [0.15, 0.2) is 194 Å². The highest BCUT2D eigenvalue weighted by Gasteiger charge is 2.26. The Labute approximate surface area is 674 Å². The van der Waals surface area contributed by atoms with Crippen molar-refractivity contribution < 1.29 is 67.1 Å². The van der Waals surface area contributed by atoms with Gasteiger partial charge in [-0.1, -0.05) is 155 Å². The number of carbonyl (C=O) groups is 4. The molecule has 8 aromatic rings. The van der Waals surface area contributed by atoms with Crippen molar-refractivity contribution in [3.05, 3.63) is 235 Å². The Hall–Kier alpha value is -11.5. The molecule has 8 aromatic carbocycles. The molecule has 0 aliphatic rings. The Morgan fingerprint density at radius 1 is 0.270 bits per heavy atom. The van der Waals surface area contributed by atoms with E-state index in [4.69, 9.17) is 19.2 Å². The van der Waals surface area contributed by atoms with Crippen molar-refractivity contribution in [3.8, 4) is 22.3 Å². The fraction of sp³-hybridized carbons (Fsp3) is 0.381. The van der Waals surface area contributed by atoms with Crippen molar-refractivity contribution in [2.75, 3.05) is 94.9 Å². The number of carbonyl (C=O) groups excluding carboxylic acids is 4. The molecule has 9 N–H and O–H groups in total. The maximum atomic E-state index is 12.2. The number of hydrogen-bond donors (Lipinski definition) is 9. The molecule has 0 saturated heterocycles. The quantitative estimate of drug-likeness (QED) is 0.00751. The van der Waals surface area contributed by atoms with Crippen LogP contribution in [0.3, 0.4) is 0 Å². The van der Waals surface area contributed by atoms with E-state index in [0.717, 1.165) is 22.3 Å². The van der Waals surface area contributed by atoms with E-state index in [2.05, 4.69) is 97.9 Å². The number of nitrogens with zero attached hydrogens (tertiary/aromatic N) is 6. The highest BCUT2D eigenvalue weighted by molar-refractivity contribution is 7.42. The van der Waals surface area contributed by atoms with Crippen molar-refractivity contribution in [2.24, 2.45) is 0 Å². The van der Waals surface area contributed by atoms with Crippen LogP contribution in [-0.4, -0.2) is 110 Å². The molecule has 0 aliphatic carbocycles. The lowest BCUT2D eigenvalue weighted by molar-refractivity contribution is -0.929. The monoisotopic (exact) mass is 1600 g/mol. The van der Waals surface area contributed by atoms with Crippen molar-refractivity contribution in [1.29, 1.82) is 0 Å². The third-order valence-electron chi connectivity index (χ3n) is 18.5. The van der Waals surface area contributed by atoms with Crippen molar-refractivity contribution in [2.45, 2.75) is 158 Å². The summed E-state index contributed by atoms with van der Waals surface area (Å²) in [7, 11) is -5.14. The topological polar surface area (TPSA) is 420 Å². The van der Waals surface area contributed by atoms with Gasteiger partial charge in [-0.15, -0.1) is 0 Å². The lowest BCUT2D eigenvalue weighted by Gasteiger charge is -2.39. The molecule has 0 unspecified atom stereocenters. The summed E-state index contributed by atoms with van der Waals surface area (Å²) in [4.78, 5) is 114. The number of quaternary nitrogens is 2. The van der Waals surface area contributed by atoms with Crippen molar-refractivity contribution in [3.63, 3.8) is 0 Å². The maximum Gasteiger partial charge on any atom is 0.323 e. The average Bonchev–Trinajstić information content (AvgIpc) is 0.847. The summed E-state index contributed by atoms with van der Waals surface area (Å²) in [5.41, 5.74) is 7.12. The zero-order valence-electron chi connectivity index (χ0n) is 67.1. The summed E-state index contributed by atoms with van der Waals surface area (Å²) >= 11 is 0. The van der Waals surface area contributed by atoms with E-state index in [0.29, 0.717) is 45.5 Å². The lowest BCUT2D eigenvalue weighted by Crippen LogP contribution is -2.50. The molecule has 0 aliphatic heterocycles. The number of non-ortho nitro benzene ring substituents is 4. The van der Waals surface area contributed by atoms with Crippen LogP contribution in [0.5, 0.6) is 0 Å². The Morgan fingerprint density at radius 2 is 0.383 bits per heavy atom. The van der Waals surface area contributed by atoms with Crippen LogP contribution >= 0.6 is 7.82 Å². The van der Waals surface area contributed by atoms with E-state index in [-0.39, 0.29) is 22.7 Å². The first-order valence-corrected chi connectivity index (χ1v) is 40.7. The van der Waals surface area contributed by atoms with Gasteiger partial charge in [0.15, 0.2) is 0 Å². The zero-order valence-corrected chi connectivity index (χ0v) is 68.0. The summed E-state index contributed by atoms with van der Waals surface area (Å²) in [6.07, 6.45) is 22.1. The predicted molar refractivity (Wildman–Crippen MR) is 455 cm³/mol. The number of amides is 8. The molecule has 0 heterocycles. The van der Waals surface area contributed by atoms with Crippen LogP contribution in [-0.2, 0) is 4.57 Å². The number of nitro groups is 4. The molecule has 30 nitrogen and oxygen atoms in total. The van der Waals surface area contributed by atoms with E-state index in [1.165, 1.54) is 261 Å². The van der Waals surface area contributed by atoms with Gasteiger partial charge in [0, 0.05) is 94.0 Å². The average molecular weight is 1610 g/mol. The number of hydrogen-bond acceptors (Lipinski definition) is 15. The number of rotatable bonds is 38. The molecule has 8 amide bonds. The van der Waals surface area contributed by atoms with E-state index >= 15 is 0 Å². The SMILES string of the molecule is CCCC[N+](CCCC)(CCCC)CCCC.CCCC[N+](CCCC)(CCCC)CCCC.O=C(Nc1ccc(-c2ccc(NC(=O)Nc3ccc([N+](=O)[O-])cc3)cc2)cc1)Nc1ccc([N+](=O)[O-])cc1.O=C(Nc1ccc(-c2ccc(NC(=O)Nc3ccc([N+](=O)[O-])cc3)cc2)cc1)Nc1ccc([N+](=O)[O-])cc1.O=P([O-])([O-])O. The van der Waals surface area contributed by atoms with Gasteiger partial charge in [-0.2, -0.15) is 0 Å². The second-order valence-electron chi connectivity index (χ2n) is 27.6. The zero-order chi connectivity index (χ0) is 84.6. The summed E-state index contributed by atoms with van der Waals surface area (Å²) in [6, 6.07) is 48.4. The predicted octanol–water partition coefficient (Wildman–Crippen LogP) is 20.7. The Bertz CT molecular complexity index is 3710. The van der Waals surface area contributed by atoms with Gasteiger partial charge in [0.05, 0.1) is 79.9 Å². The minimum atomic E-state index is -5.14. The third kappa shape index (κ3) is 38.2. The Balaban J connectivity index is 0.000000337. The van der Waals surface area contributed by atoms with Gasteiger partial charge in [-0.25, -0.2) is 19.2 Å². The Morgan fingerprint density at radius 3 is 0.487 bits per heavy atom. The van der Waals surface area contributed by atoms with E-state index in [1.807, 2.05) is 48.5 Å². The molecule has 0 atom stereocenters. The molecule has 0 fully saturated rings. The molecule has 0 spiro atoms. The standard InChI is InChI=1S/2C26H20N6O6.2C16H36N.H3O4P/c2*33-25(29-21-9-13-23(14-10-21)31(35)36)27-19-5-1-17(2-6-19)18-3-7-20(8-4-18)28-26(34)30-22-11-15-24(16-12-22)32(37)38;2*1-5-9-13-17(14-10-6-2,15-11-7-3)16-12-8-4;1-5(2,3)4/h2*1-16H,(H2,27,29,33)(H2,28,30,34);2*5-16H2,1-4H3;(H3,1,2,3,4)/q;;2*+1;/p-2. The number of urea groups is 4. The van der Waals surface area contributed by atoms with Gasteiger partial charge in [-0.05, 0) is 171 Å². The number of phosphoric acid groups is 1. The van der Waals surface area contributed by atoms with Gasteiger partial charge in [0.1, 0.15) is 0 Å². The first kappa shape index (κ1) is 95.8. The summed E-state index contributed by atoms with van der Waals surface area (Å²) in [6.45, 7) is 30.0. The van der Waals surface area contributed by atoms with Crippen LogP contribution in [0.1, 0.15) is 158 Å². The van der Waals surface area contributed by atoms with Crippen molar-refractivity contribution in [1.82, 2.24) is 0 Å². The van der Waals surface area contributed by atoms with Crippen molar-refractivity contribution >= 4 is 100 Å². The summed E-state index contributed by atoms with van der Waals surface area (Å²) in [5.74, 6) is 0. The van der Waals surface area contributed by atoms with Crippen LogP contribution in [0.25, 0.3) is 22.3 Å². The molecule has 115 heavy (non-hydrogen) atoms. The van der Waals surface area contributed by atoms with Crippen LogP contribution < -0.4 is 52.3 Å². The number of nitro benzene ring substituents is 4. The number of nitrogens with one attached hydrogen (secondary N) is 8. The number of benzene rings is 8. The number of anilines is 8. The third-order valence-corrected chi connectivity index (χ3v) is 18.5. The van der Waals surface area contributed by atoms with Crippen LogP contribution in [0.4, 0.5) is 87.4 Å². The molecule has 0 bridgehead atoms. The fourth-order valence-corrected chi connectivity index (χ4v) is 12.1. The first-order chi connectivity index (χ1) is 55.0. The second-order valence-corrected chi connectivity index (χ2v) is 28.5. The molecule has 0 saturated carbocycles.